The van der Waals surface area contributed by atoms with E-state index in [-0.39, 0.29) is 5.91 Å². The summed E-state index contributed by atoms with van der Waals surface area (Å²) < 4.78 is 10.3. The maximum atomic E-state index is 12.2. The number of carbonyl (C=O) groups excluding carboxylic acids is 1. The summed E-state index contributed by atoms with van der Waals surface area (Å²) in [5, 5.41) is 2.76. The first-order valence-corrected chi connectivity index (χ1v) is 6.13. The summed E-state index contributed by atoms with van der Waals surface area (Å²) in [6, 6.07) is 6.68. The number of methoxy groups -OCH3 is 2. The number of carbonyl (C=O) groups is 1. The molecule has 110 valence electrons. The Bertz CT molecular complexity index is 646. The van der Waals surface area contributed by atoms with Gasteiger partial charge in [-0.05, 0) is 18.2 Å². The molecule has 0 bridgehead atoms. The Hall–Kier alpha value is -2.80. The van der Waals surface area contributed by atoms with E-state index in [2.05, 4.69) is 15.7 Å². The number of pyridine rings is 1. The van der Waals surface area contributed by atoms with Gasteiger partial charge in [0.15, 0.2) is 11.5 Å². The number of ether oxygens (including phenoxy) is 2. The number of hydrogen-bond donors (Lipinski definition) is 3. The zero-order chi connectivity index (χ0) is 15.2. The molecule has 1 aromatic carbocycles. The highest BCUT2D eigenvalue weighted by molar-refractivity contribution is 6.07. The molecule has 4 N–H and O–H groups in total. The molecule has 0 radical (unpaired) electrons. The van der Waals surface area contributed by atoms with Crippen molar-refractivity contribution in [1.29, 1.82) is 0 Å². The maximum Gasteiger partial charge on any atom is 0.257 e. The first-order valence-electron chi connectivity index (χ1n) is 6.13. The second-order valence-corrected chi connectivity index (χ2v) is 4.09. The van der Waals surface area contributed by atoms with E-state index in [4.69, 9.17) is 15.3 Å². The molecule has 2 rings (SSSR count). The van der Waals surface area contributed by atoms with Crippen molar-refractivity contribution in [1.82, 2.24) is 4.98 Å². The summed E-state index contributed by atoms with van der Waals surface area (Å²) in [4.78, 5) is 16.1. The number of nitrogens with two attached hydrogens (primary N) is 1. The van der Waals surface area contributed by atoms with Crippen molar-refractivity contribution in [2.75, 3.05) is 25.0 Å². The van der Waals surface area contributed by atoms with Crippen LogP contribution in [0.4, 0.5) is 11.4 Å². The van der Waals surface area contributed by atoms with Gasteiger partial charge in [-0.3, -0.25) is 15.6 Å². The molecule has 1 amide bonds. The van der Waals surface area contributed by atoms with Gasteiger partial charge in [0.25, 0.3) is 5.91 Å². The monoisotopic (exact) mass is 288 g/mol. The SMILES string of the molecule is COc1ccc(NC(=O)c2ccncc2NN)cc1OC. The number of nitrogen functional groups attached to an aromatic ring is 1. The lowest BCUT2D eigenvalue weighted by molar-refractivity contribution is 0.102. The average molecular weight is 288 g/mol. The molecule has 21 heavy (non-hydrogen) atoms. The summed E-state index contributed by atoms with van der Waals surface area (Å²) >= 11 is 0. The Morgan fingerprint density at radius 1 is 1.19 bits per heavy atom. The van der Waals surface area contributed by atoms with Crippen LogP contribution in [0.5, 0.6) is 11.5 Å². The summed E-state index contributed by atoms with van der Waals surface area (Å²) in [5.74, 6) is 6.17. The van der Waals surface area contributed by atoms with Crippen molar-refractivity contribution in [3.63, 3.8) is 0 Å². The van der Waals surface area contributed by atoms with Gasteiger partial charge in [-0.2, -0.15) is 0 Å². The predicted octanol–water partition coefficient (Wildman–Crippen LogP) is 1.64. The number of aromatic nitrogens is 1. The third kappa shape index (κ3) is 3.21. The molecule has 0 saturated heterocycles. The Labute approximate surface area is 122 Å². The number of nitrogens with zero attached hydrogens (tertiary/aromatic N) is 1. The van der Waals surface area contributed by atoms with E-state index >= 15 is 0 Å². The van der Waals surface area contributed by atoms with E-state index < -0.39 is 0 Å². The fraction of sp³-hybridized carbons (Fsp3) is 0.143. The Morgan fingerprint density at radius 3 is 2.62 bits per heavy atom. The number of amides is 1. The van der Waals surface area contributed by atoms with Crippen LogP contribution in [0.25, 0.3) is 0 Å². The first-order chi connectivity index (χ1) is 10.2. The minimum atomic E-state index is -0.308. The molecule has 0 unspecified atom stereocenters. The molecule has 7 heteroatoms. The van der Waals surface area contributed by atoms with Crippen molar-refractivity contribution in [3.05, 3.63) is 42.2 Å². The van der Waals surface area contributed by atoms with E-state index in [1.165, 1.54) is 19.5 Å². The summed E-state index contributed by atoms with van der Waals surface area (Å²) in [6.07, 6.45) is 2.99. The van der Waals surface area contributed by atoms with Gasteiger partial charge >= 0.3 is 0 Å². The first kappa shape index (κ1) is 14.6. The van der Waals surface area contributed by atoms with E-state index in [0.717, 1.165) is 0 Å². The fourth-order valence-corrected chi connectivity index (χ4v) is 1.82. The molecule has 0 aliphatic carbocycles. The van der Waals surface area contributed by atoms with Crippen LogP contribution in [0.2, 0.25) is 0 Å². The van der Waals surface area contributed by atoms with Gasteiger partial charge in [-0.1, -0.05) is 0 Å². The highest BCUT2D eigenvalue weighted by Crippen LogP contribution is 2.30. The normalized spacial score (nSPS) is 9.86. The summed E-state index contributed by atoms with van der Waals surface area (Å²) in [5.41, 5.74) is 3.85. The number of nitrogens with one attached hydrogen (secondary N) is 2. The highest BCUT2D eigenvalue weighted by atomic mass is 16.5. The van der Waals surface area contributed by atoms with Gasteiger partial charge in [0.1, 0.15) is 0 Å². The van der Waals surface area contributed by atoms with Crippen molar-refractivity contribution >= 4 is 17.3 Å². The van der Waals surface area contributed by atoms with Crippen LogP contribution < -0.4 is 26.1 Å². The minimum absolute atomic E-state index is 0.308. The van der Waals surface area contributed by atoms with Crippen molar-refractivity contribution in [2.45, 2.75) is 0 Å². The number of rotatable bonds is 5. The van der Waals surface area contributed by atoms with Gasteiger partial charge in [0.05, 0.1) is 31.7 Å². The molecular formula is C14H16N4O3. The van der Waals surface area contributed by atoms with Gasteiger partial charge in [-0.15, -0.1) is 0 Å². The standard InChI is InChI=1S/C14H16N4O3/c1-20-12-4-3-9(7-13(12)21-2)17-14(19)10-5-6-16-8-11(10)18-15/h3-8,18H,15H2,1-2H3,(H,17,19). The van der Waals surface area contributed by atoms with Gasteiger partial charge in [-0.25, -0.2) is 0 Å². The Kier molecular flexibility index (Phi) is 4.57. The number of hydrazine groups is 1. The Morgan fingerprint density at radius 2 is 1.95 bits per heavy atom. The number of anilines is 2. The molecular weight excluding hydrogens is 272 g/mol. The predicted molar refractivity (Wildman–Crippen MR) is 79.5 cm³/mol. The molecule has 0 atom stereocenters. The number of hydrogen-bond acceptors (Lipinski definition) is 6. The molecule has 7 nitrogen and oxygen atoms in total. The molecule has 2 aromatic rings. The van der Waals surface area contributed by atoms with Crippen molar-refractivity contribution in [3.8, 4) is 11.5 Å². The van der Waals surface area contributed by atoms with Crippen LogP contribution in [0, 0.1) is 0 Å². The molecule has 0 saturated carbocycles. The quantitative estimate of drug-likeness (QED) is 0.571. The lowest BCUT2D eigenvalue weighted by atomic mass is 10.2. The van der Waals surface area contributed by atoms with Crippen molar-refractivity contribution < 1.29 is 14.3 Å². The van der Waals surface area contributed by atoms with Gasteiger partial charge < -0.3 is 20.2 Å². The Balaban J connectivity index is 2.23. The summed E-state index contributed by atoms with van der Waals surface area (Å²) in [7, 11) is 3.08. The topological polar surface area (TPSA) is 98.5 Å². The van der Waals surface area contributed by atoms with Crippen molar-refractivity contribution in [2.24, 2.45) is 5.84 Å². The smallest absolute Gasteiger partial charge is 0.257 e. The molecule has 0 aliphatic heterocycles. The lowest BCUT2D eigenvalue weighted by Gasteiger charge is -2.12. The van der Waals surface area contributed by atoms with Crippen LogP contribution >= 0.6 is 0 Å². The molecule has 0 spiro atoms. The zero-order valence-corrected chi connectivity index (χ0v) is 11.7. The molecule has 1 aromatic heterocycles. The average Bonchev–Trinajstić information content (AvgIpc) is 2.54. The van der Waals surface area contributed by atoms with Crippen LogP contribution in [-0.2, 0) is 0 Å². The fourth-order valence-electron chi connectivity index (χ4n) is 1.82. The molecule has 0 fully saturated rings. The largest absolute Gasteiger partial charge is 0.493 e. The zero-order valence-electron chi connectivity index (χ0n) is 11.7. The van der Waals surface area contributed by atoms with Crippen LogP contribution in [-0.4, -0.2) is 25.1 Å². The van der Waals surface area contributed by atoms with E-state index in [9.17, 15) is 4.79 Å². The van der Waals surface area contributed by atoms with E-state index in [0.29, 0.717) is 28.4 Å². The lowest BCUT2D eigenvalue weighted by Crippen LogP contribution is -2.17. The van der Waals surface area contributed by atoms with Crippen LogP contribution in [0.1, 0.15) is 10.4 Å². The van der Waals surface area contributed by atoms with E-state index in [1.807, 2.05) is 0 Å². The van der Waals surface area contributed by atoms with Crippen LogP contribution in [0.3, 0.4) is 0 Å². The second kappa shape index (κ2) is 6.58. The second-order valence-electron chi connectivity index (χ2n) is 4.09. The molecule has 1 heterocycles. The van der Waals surface area contributed by atoms with Gasteiger partial charge in [0, 0.05) is 18.0 Å². The maximum absolute atomic E-state index is 12.2. The van der Waals surface area contributed by atoms with Crippen LogP contribution in [0.15, 0.2) is 36.7 Å². The summed E-state index contributed by atoms with van der Waals surface area (Å²) in [6.45, 7) is 0. The van der Waals surface area contributed by atoms with E-state index in [1.54, 1.807) is 31.4 Å². The number of benzene rings is 1. The van der Waals surface area contributed by atoms with Gasteiger partial charge in [0.2, 0.25) is 0 Å². The molecule has 0 aliphatic rings. The highest BCUT2D eigenvalue weighted by Gasteiger charge is 2.12. The third-order valence-corrected chi connectivity index (χ3v) is 2.86. The minimum Gasteiger partial charge on any atom is -0.493 e. The third-order valence-electron chi connectivity index (χ3n) is 2.86.